The summed E-state index contributed by atoms with van der Waals surface area (Å²) in [5.74, 6) is 0.802. The van der Waals surface area contributed by atoms with Crippen molar-refractivity contribution in [3.63, 3.8) is 0 Å². The van der Waals surface area contributed by atoms with Gasteiger partial charge in [-0.25, -0.2) is 0 Å². The van der Waals surface area contributed by atoms with Gasteiger partial charge >= 0.3 is 0 Å². The number of ether oxygens (including phenoxy) is 1. The molecule has 0 radical (unpaired) electrons. The SMILES string of the molecule is C.C.CCCCCCCCC.OCCOc1ccccc1. The second-order valence-corrected chi connectivity index (χ2v) is 4.65. The molecule has 2 heteroatoms. The summed E-state index contributed by atoms with van der Waals surface area (Å²) in [6.45, 7) is 4.96. The van der Waals surface area contributed by atoms with E-state index in [-0.39, 0.29) is 21.5 Å². The molecule has 1 aromatic rings. The molecule has 2 nitrogen and oxygen atoms in total. The molecule has 0 saturated heterocycles. The van der Waals surface area contributed by atoms with Crippen molar-refractivity contribution in [2.45, 2.75) is 73.6 Å². The Labute approximate surface area is 133 Å². The van der Waals surface area contributed by atoms with Gasteiger partial charge in [-0.1, -0.05) is 91.8 Å². The molecule has 1 aromatic carbocycles. The lowest BCUT2D eigenvalue weighted by atomic mass is 10.1. The maximum absolute atomic E-state index is 8.40. The average Bonchev–Trinajstić information content (AvgIpc) is 2.47. The molecule has 0 spiro atoms. The Morgan fingerprint density at radius 1 is 0.810 bits per heavy atom. The van der Waals surface area contributed by atoms with Gasteiger partial charge in [0.05, 0.1) is 6.61 Å². The van der Waals surface area contributed by atoms with E-state index in [1.807, 2.05) is 30.3 Å². The smallest absolute Gasteiger partial charge is 0.119 e. The topological polar surface area (TPSA) is 29.5 Å². The number of aliphatic hydroxyl groups excluding tert-OH is 1. The molecule has 0 aliphatic carbocycles. The Morgan fingerprint density at radius 3 is 1.71 bits per heavy atom. The van der Waals surface area contributed by atoms with Gasteiger partial charge in [0.25, 0.3) is 0 Å². The summed E-state index contributed by atoms with van der Waals surface area (Å²) < 4.78 is 5.11. The zero-order chi connectivity index (χ0) is 14.2. The number of hydrogen-bond donors (Lipinski definition) is 1. The van der Waals surface area contributed by atoms with Crippen LogP contribution in [0.1, 0.15) is 73.6 Å². The van der Waals surface area contributed by atoms with Crippen LogP contribution in [0.4, 0.5) is 0 Å². The Bertz CT molecular complexity index is 254. The van der Waals surface area contributed by atoms with Crippen molar-refractivity contribution >= 4 is 0 Å². The summed E-state index contributed by atoms with van der Waals surface area (Å²) in [5, 5.41) is 8.40. The fourth-order valence-corrected chi connectivity index (χ4v) is 1.71. The summed E-state index contributed by atoms with van der Waals surface area (Å²) in [5.41, 5.74) is 0. The average molecular weight is 299 g/mol. The van der Waals surface area contributed by atoms with Crippen LogP contribution in [0.3, 0.4) is 0 Å². The first kappa shape index (κ1) is 25.0. The molecule has 0 aromatic heterocycles. The van der Waals surface area contributed by atoms with Gasteiger partial charge < -0.3 is 9.84 Å². The van der Waals surface area contributed by atoms with E-state index in [0.717, 1.165) is 5.75 Å². The monoisotopic (exact) mass is 298 g/mol. The van der Waals surface area contributed by atoms with Crippen LogP contribution >= 0.6 is 0 Å². The van der Waals surface area contributed by atoms with E-state index in [2.05, 4.69) is 13.8 Å². The molecular weight excluding hydrogens is 260 g/mol. The predicted molar refractivity (Wildman–Crippen MR) is 96.2 cm³/mol. The van der Waals surface area contributed by atoms with E-state index < -0.39 is 0 Å². The molecule has 0 heterocycles. The van der Waals surface area contributed by atoms with Gasteiger partial charge in [-0.05, 0) is 12.1 Å². The molecule has 0 saturated carbocycles. The van der Waals surface area contributed by atoms with Gasteiger partial charge in [-0.2, -0.15) is 0 Å². The zero-order valence-corrected chi connectivity index (χ0v) is 12.6. The molecular formula is C19H38O2. The molecule has 0 amide bonds. The third-order valence-corrected chi connectivity index (χ3v) is 2.81. The van der Waals surface area contributed by atoms with Crippen LogP contribution in [0.5, 0.6) is 5.75 Å². The second kappa shape index (κ2) is 21.3. The van der Waals surface area contributed by atoms with E-state index in [9.17, 15) is 0 Å². The van der Waals surface area contributed by atoms with Crippen molar-refractivity contribution in [2.24, 2.45) is 0 Å². The molecule has 126 valence electrons. The van der Waals surface area contributed by atoms with Crippen molar-refractivity contribution < 1.29 is 9.84 Å². The van der Waals surface area contributed by atoms with Crippen molar-refractivity contribution in [2.75, 3.05) is 13.2 Å². The number of benzene rings is 1. The highest BCUT2D eigenvalue weighted by Gasteiger charge is 1.87. The fourth-order valence-electron chi connectivity index (χ4n) is 1.71. The largest absolute Gasteiger partial charge is 0.491 e. The maximum atomic E-state index is 8.40. The quantitative estimate of drug-likeness (QED) is 0.559. The van der Waals surface area contributed by atoms with Gasteiger partial charge in [0, 0.05) is 0 Å². The van der Waals surface area contributed by atoms with E-state index in [1.165, 1.54) is 44.9 Å². The summed E-state index contributed by atoms with van der Waals surface area (Å²) in [7, 11) is 0. The Kier molecular flexibility index (Phi) is 25.3. The number of para-hydroxylation sites is 1. The van der Waals surface area contributed by atoms with Crippen LogP contribution in [0.25, 0.3) is 0 Å². The third kappa shape index (κ3) is 19.0. The van der Waals surface area contributed by atoms with Gasteiger partial charge in [0.15, 0.2) is 0 Å². The van der Waals surface area contributed by atoms with Crippen LogP contribution in [0.15, 0.2) is 30.3 Å². The van der Waals surface area contributed by atoms with Crippen LogP contribution in [0.2, 0.25) is 0 Å². The Balaban J connectivity index is -0.000000284. The van der Waals surface area contributed by atoms with Gasteiger partial charge in [0.1, 0.15) is 12.4 Å². The molecule has 21 heavy (non-hydrogen) atoms. The lowest BCUT2D eigenvalue weighted by Gasteiger charge is -2.01. The minimum Gasteiger partial charge on any atom is -0.491 e. The highest BCUT2D eigenvalue weighted by Crippen LogP contribution is 2.07. The number of aliphatic hydroxyl groups is 1. The van der Waals surface area contributed by atoms with Crippen molar-refractivity contribution in [3.8, 4) is 5.75 Å². The van der Waals surface area contributed by atoms with E-state index in [4.69, 9.17) is 9.84 Å². The first-order valence-corrected chi connectivity index (χ1v) is 7.63. The van der Waals surface area contributed by atoms with E-state index in [1.54, 1.807) is 0 Å². The normalized spacial score (nSPS) is 8.71. The van der Waals surface area contributed by atoms with Crippen molar-refractivity contribution in [1.82, 2.24) is 0 Å². The van der Waals surface area contributed by atoms with E-state index >= 15 is 0 Å². The summed E-state index contributed by atoms with van der Waals surface area (Å²) in [6.07, 6.45) is 9.97. The number of rotatable bonds is 9. The minimum atomic E-state index is 0. The van der Waals surface area contributed by atoms with Gasteiger partial charge in [0.2, 0.25) is 0 Å². The molecule has 0 fully saturated rings. The van der Waals surface area contributed by atoms with Crippen LogP contribution in [0, 0.1) is 0 Å². The molecule has 0 aliphatic rings. The van der Waals surface area contributed by atoms with Crippen LogP contribution < -0.4 is 4.74 Å². The van der Waals surface area contributed by atoms with Gasteiger partial charge in [-0.3, -0.25) is 0 Å². The molecule has 1 N–H and O–H groups in total. The lowest BCUT2D eigenvalue weighted by Crippen LogP contribution is -2.00. The molecule has 0 bridgehead atoms. The van der Waals surface area contributed by atoms with Crippen LogP contribution in [-0.2, 0) is 0 Å². The van der Waals surface area contributed by atoms with Gasteiger partial charge in [-0.15, -0.1) is 0 Å². The highest BCUT2D eigenvalue weighted by molar-refractivity contribution is 5.20. The zero-order valence-electron chi connectivity index (χ0n) is 12.6. The summed E-state index contributed by atoms with van der Waals surface area (Å²) >= 11 is 0. The maximum Gasteiger partial charge on any atom is 0.119 e. The van der Waals surface area contributed by atoms with E-state index in [0.29, 0.717) is 6.61 Å². The molecule has 1 rings (SSSR count). The Hall–Kier alpha value is -1.02. The molecule has 0 aliphatic heterocycles. The first-order valence-electron chi connectivity index (χ1n) is 7.63. The van der Waals surface area contributed by atoms with Crippen molar-refractivity contribution in [1.29, 1.82) is 0 Å². The minimum absolute atomic E-state index is 0. The number of hydrogen-bond acceptors (Lipinski definition) is 2. The summed E-state index contributed by atoms with van der Waals surface area (Å²) in [4.78, 5) is 0. The first-order chi connectivity index (χ1) is 9.35. The lowest BCUT2D eigenvalue weighted by molar-refractivity contribution is 0.201. The molecule has 0 atom stereocenters. The number of unbranched alkanes of at least 4 members (excludes halogenated alkanes) is 6. The summed E-state index contributed by atoms with van der Waals surface area (Å²) in [6, 6.07) is 9.43. The predicted octanol–water partition coefficient (Wildman–Crippen LogP) is 6.09. The Morgan fingerprint density at radius 2 is 1.29 bits per heavy atom. The second-order valence-electron chi connectivity index (χ2n) is 4.65. The molecule has 0 unspecified atom stereocenters. The highest BCUT2D eigenvalue weighted by atomic mass is 16.5. The van der Waals surface area contributed by atoms with Crippen LogP contribution in [-0.4, -0.2) is 18.3 Å². The standard InChI is InChI=1S/C9H20.C8H10O2.2CH4/c1-3-5-7-9-8-6-4-2;9-6-7-10-8-4-2-1-3-5-8;;/h3-9H2,1-2H3;1-5,9H,6-7H2;2*1H4. The third-order valence-electron chi connectivity index (χ3n) is 2.81. The fraction of sp³-hybridized carbons (Fsp3) is 0.684. The van der Waals surface area contributed by atoms with Crippen molar-refractivity contribution in [3.05, 3.63) is 30.3 Å².